The highest BCUT2D eigenvalue weighted by atomic mass is 35.5. The second-order valence-electron chi connectivity index (χ2n) is 5.81. The summed E-state index contributed by atoms with van der Waals surface area (Å²) in [5, 5.41) is 19.6. The van der Waals surface area contributed by atoms with Gasteiger partial charge in [0.2, 0.25) is 0 Å². The van der Waals surface area contributed by atoms with Crippen molar-refractivity contribution in [1.29, 1.82) is 0 Å². The minimum atomic E-state index is -1.03. The van der Waals surface area contributed by atoms with E-state index in [-0.39, 0.29) is 6.10 Å². The van der Waals surface area contributed by atoms with Crippen LogP contribution in [0.25, 0.3) is 0 Å². The van der Waals surface area contributed by atoms with E-state index in [0.29, 0.717) is 35.5 Å². The van der Waals surface area contributed by atoms with Gasteiger partial charge in [-0.3, -0.25) is 0 Å². The smallest absolute Gasteiger partial charge is 0.407 e. The Morgan fingerprint density at radius 2 is 1.90 bits per heavy atom. The zero-order valence-electron chi connectivity index (χ0n) is 11.5. The number of ether oxygens (including phenoxy) is 1. The zero-order chi connectivity index (χ0) is 15.0. The van der Waals surface area contributed by atoms with Crippen molar-refractivity contribution in [2.75, 3.05) is 13.1 Å². The lowest BCUT2D eigenvalue weighted by molar-refractivity contribution is -0.139. The molecule has 21 heavy (non-hydrogen) atoms. The minimum Gasteiger partial charge on any atom is -0.465 e. The SMILES string of the molecule is O=C(O)N1C[C@H]2CC(OC(O)c3ccccc3Cl)C[C@H]2C1. The zero-order valence-corrected chi connectivity index (χ0v) is 12.2. The van der Waals surface area contributed by atoms with Gasteiger partial charge in [-0.15, -0.1) is 0 Å². The fourth-order valence-corrected chi connectivity index (χ4v) is 3.67. The molecule has 1 saturated carbocycles. The molecule has 0 radical (unpaired) electrons. The van der Waals surface area contributed by atoms with E-state index in [1.807, 2.05) is 6.07 Å². The first-order valence-corrected chi connectivity index (χ1v) is 7.48. The summed E-state index contributed by atoms with van der Waals surface area (Å²) in [6.45, 7) is 1.14. The number of nitrogens with zero attached hydrogens (tertiary/aromatic N) is 1. The summed E-state index contributed by atoms with van der Waals surface area (Å²) in [5.74, 6) is 0.675. The Hall–Kier alpha value is -1.30. The second kappa shape index (κ2) is 5.83. The Balaban J connectivity index is 1.57. The van der Waals surface area contributed by atoms with E-state index in [0.717, 1.165) is 12.8 Å². The van der Waals surface area contributed by atoms with Gasteiger partial charge in [0.05, 0.1) is 6.10 Å². The topological polar surface area (TPSA) is 70.0 Å². The Morgan fingerprint density at radius 1 is 1.29 bits per heavy atom. The molecule has 2 unspecified atom stereocenters. The van der Waals surface area contributed by atoms with Crippen LogP contribution < -0.4 is 0 Å². The molecular formula is C15H18ClNO4. The van der Waals surface area contributed by atoms with Crippen LogP contribution >= 0.6 is 11.6 Å². The van der Waals surface area contributed by atoms with Gasteiger partial charge in [-0.25, -0.2) is 4.79 Å². The van der Waals surface area contributed by atoms with Gasteiger partial charge in [0.15, 0.2) is 6.29 Å². The van der Waals surface area contributed by atoms with E-state index >= 15 is 0 Å². The third kappa shape index (κ3) is 3.00. The van der Waals surface area contributed by atoms with E-state index in [1.165, 1.54) is 4.90 Å². The molecule has 0 aromatic heterocycles. The van der Waals surface area contributed by atoms with Crippen LogP contribution in [-0.2, 0) is 4.74 Å². The van der Waals surface area contributed by atoms with Crippen molar-refractivity contribution in [3.63, 3.8) is 0 Å². The summed E-state index contributed by atoms with van der Waals surface area (Å²) < 4.78 is 5.72. The molecule has 0 spiro atoms. The summed E-state index contributed by atoms with van der Waals surface area (Å²) in [4.78, 5) is 12.4. The lowest BCUT2D eigenvalue weighted by Crippen LogP contribution is -2.29. The number of halogens is 1. The Labute approximate surface area is 128 Å². The first-order valence-electron chi connectivity index (χ1n) is 7.10. The molecule has 6 heteroatoms. The van der Waals surface area contributed by atoms with Crippen LogP contribution in [-0.4, -0.2) is 40.4 Å². The first kappa shape index (κ1) is 14.6. The number of likely N-dealkylation sites (tertiary alicyclic amines) is 1. The molecule has 1 aromatic carbocycles. The molecule has 1 heterocycles. The Bertz CT molecular complexity index is 524. The fraction of sp³-hybridized carbons (Fsp3) is 0.533. The molecule has 3 rings (SSSR count). The van der Waals surface area contributed by atoms with E-state index < -0.39 is 12.4 Å². The molecule has 1 aromatic rings. The summed E-state index contributed by atoms with van der Waals surface area (Å²) in [7, 11) is 0. The molecule has 1 saturated heterocycles. The number of aliphatic hydroxyl groups is 1. The fourth-order valence-electron chi connectivity index (χ4n) is 3.44. The van der Waals surface area contributed by atoms with E-state index in [4.69, 9.17) is 21.4 Å². The quantitative estimate of drug-likeness (QED) is 0.842. The standard InChI is InChI=1S/C15H18ClNO4/c16-13-4-2-1-3-12(13)14(18)21-11-5-9-7-17(15(19)20)8-10(9)6-11/h1-4,9-11,14,18H,5-8H2,(H,19,20)/t9-,10+,11?,14?. The largest absolute Gasteiger partial charge is 0.465 e. The Kier molecular flexibility index (Phi) is 4.06. The van der Waals surface area contributed by atoms with Crippen molar-refractivity contribution < 1.29 is 19.7 Å². The van der Waals surface area contributed by atoms with Crippen LogP contribution in [0.1, 0.15) is 24.7 Å². The van der Waals surface area contributed by atoms with Crippen molar-refractivity contribution in [2.24, 2.45) is 11.8 Å². The number of hydrogen-bond acceptors (Lipinski definition) is 3. The molecule has 0 bridgehead atoms. The molecule has 5 nitrogen and oxygen atoms in total. The highest BCUT2D eigenvalue weighted by molar-refractivity contribution is 6.31. The molecule has 1 amide bonds. The highest BCUT2D eigenvalue weighted by Crippen LogP contribution is 2.41. The van der Waals surface area contributed by atoms with Gasteiger partial charge in [-0.1, -0.05) is 29.8 Å². The molecule has 1 aliphatic carbocycles. The number of rotatable bonds is 3. The van der Waals surface area contributed by atoms with Crippen LogP contribution in [0.3, 0.4) is 0 Å². The number of carbonyl (C=O) groups is 1. The maximum atomic E-state index is 11.0. The third-order valence-corrected chi connectivity index (χ3v) is 4.82. The lowest BCUT2D eigenvalue weighted by atomic mass is 10.0. The first-order chi connectivity index (χ1) is 10.0. The van der Waals surface area contributed by atoms with E-state index in [1.54, 1.807) is 18.2 Å². The predicted molar refractivity (Wildman–Crippen MR) is 77.1 cm³/mol. The number of benzene rings is 1. The molecule has 2 fully saturated rings. The average Bonchev–Trinajstić information content (AvgIpc) is 2.97. The second-order valence-corrected chi connectivity index (χ2v) is 6.22. The maximum absolute atomic E-state index is 11.0. The van der Waals surface area contributed by atoms with Crippen molar-refractivity contribution in [2.45, 2.75) is 25.2 Å². The number of amides is 1. The molecule has 4 atom stereocenters. The summed E-state index contributed by atoms with van der Waals surface area (Å²) in [6.07, 6.45) is -0.343. The molecule has 114 valence electrons. The van der Waals surface area contributed by atoms with E-state index in [9.17, 15) is 9.90 Å². The predicted octanol–water partition coefficient (Wildman–Crippen LogP) is 2.74. The molecular weight excluding hydrogens is 294 g/mol. The lowest BCUT2D eigenvalue weighted by Gasteiger charge is -2.20. The monoisotopic (exact) mass is 311 g/mol. The molecule has 2 N–H and O–H groups in total. The summed E-state index contributed by atoms with van der Waals surface area (Å²) in [6, 6.07) is 7.08. The van der Waals surface area contributed by atoms with Gasteiger partial charge in [-0.2, -0.15) is 0 Å². The van der Waals surface area contributed by atoms with Crippen molar-refractivity contribution in [3.05, 3.63) is 34.9 Å². The van der Waals surface area contributed by atoms with Gasteiger partial charge in [0, 0.05) is 23.7 Å². The van der Waals surface area contributed by atoms with E-state index in [2.05, 4.69) is 0 Å². The average molecular weight is 312 g/mol. The summed E-state index contributed by atoms with van der Waals surface area (Å²) in [5.41, 5.74) is 0.573. The van der Waals surface area contributed by atoms with Crippen molar-refractivity contribution in [3.8, 4) is 0 Å². The van der Waals surface area contributed by atoms with Crippen LogP contribution in [0, 0.1) is 11.8 Å². The Morgan fingerprint density at radius 3 is 2.48 bits per heavy atom. The third-order valence-electron chi connectivity index (χ3n) is 4.47. The van der Waals surface area contributed by atoms with Gasteiger partial charge in [0.25, 0.3) is 0 Å². The van der Waals surface area contributed by atoms with Crippen molar-refractivity contribution >= 4 is 17.7 Å². The highest BCUT2D eigenvalue weighted by Gasteiger charge is 2.43. The van der Waals surface area contributed by atoms with Crippen LogP contribution in [0.2, 0.25) is 5.02 Å². The maximum Gasteiger partial charge on any atom is 0.407 e. The van der Waals surface area contributed by atoms with Gasteiger partial charge in [-0.05, 0) is 30.7 Å². The van der Waals surface area contributed by atoms with Crippen LogP contribution in [0.5, 0.6) is 0 Å². The van der Waals surface area contributed by atoms with Crippen LogP contribution in [0.4, 0.5) is 4.79 Å². The van der Waals surface area contributed by atoms with Crippen molar-refractivity contribution in [1.82, 2.24) is 4.90 Å². The number of fused-ring (bicyclic) bond motifs is 1. The summed E-state index contributed by atoms with van der Waals surface area (Å²) >= 11 is 6.04. The van der Waals surface area contributed by atoms with Gasteiger partial charge in [0.1, 0.15) is 0 Å². The molecule has 2 aliphatic rings. The van der Waals surface area contributed by atoms with Gasteiger partial charge >= 0.3 is 6.09 Å². The number of hydrogen-bond donors (Lipinski definition) is 2. The number of aliphatic hydroxyl groups excluding tert-OH is 1. The number of carboxylic acid groups (broad SMARTS) is 1. The van der Waals surface area contributed by atoms with Crippen LogP contribution in [0.15, 0.2) is 24.3 Å². The minimum absolute atomic E-state index is 0.0396. The van der Waals surface area contributed by atoms with Gasteiger partial charge < -0.3 is 19.8 Å². The normalized spacial score (nSPS) is 29.4. The molecule has 1 aliphatic heterocycles.